The van der Waals surface area contributed by atoms with Gasteiger partial charge in [-0.3, -0.25) is 4.79 Å². The Kier molecular flexibility index (Phi) is 15.1. The molecule has 0 atom stereocenters. The molecular formula is C35H52N2O2S. The highest BCUT2D eigenvalue weighted by molar-refractivity contribution is 8.03. The fourth-order valence-electron chi connectivity index (χ4n) is 5.35. The fraction of sp³-hybridized carbons (Fsp3) is 0.571. The Hall–Kier alpha value is -2.40. The summed E-state index contributed by atoms with van der Waals surface area (Å²) in [5, 5.41) is 0. The van der Waals surface area contributed by atoms with Crippen molar-refractivity contribution in [2.75, 3.05) is 23.9 Å². The number of benzene rings is 2. The summed E-state index contributed by atoms with van der Waals surface area (Å²) in [7, 11) is 0. The molecule has 0 unspecified atom stereocenters. The lowest BCUT2D eigenvalue weighted by molar-refractivity contribution is -0.116. The minimum atomic E-state index is 0.0781. The summed E-state index contributed by atoms with van der Waals surface area (Å²) in [6, 6.07) is 16.7. The molecule has 0 spiro atoms. The van der Waals surface area contributed by atoms with E-state index in [1.165, 1.54) is 86.7 Å². The van der Waals surface area contributed by atoms with Crippen LogP contribution in [-0.4, -0.2) is 29.8 Å². The van der Waals surface area contributed by atoms with Gasteiger partial charge in [0, 0.05) is 31.9 Å². The summed E-state index contributed by atoms with van der Waals surface area (Å²) in [5.41, 5.74) is 3.39. The molecule has 5 heteroatoms. The summed E-state index contributed by atoms with van der Waals surface area (Å²) < 4.78 is 6.09. The van der Waals surface area contributed by atoms with Crippen molar-refractivity contribution in [3.05, 3.63) is 70.8 Å². The molecule has 0 saturated carbocycles. The number of amides is 1. The van der Waals surface area contributed by atoms with Crippen LogP contribution in [0.4, 0.5) is 5.69 Å². The number of anilines is 1. The number of rotatable bonds is 20. The number of ether oxygens (including phenoxy) is 1. The van der Waals surface area contributed by atoms with Gasteiger partial charge in [-0.2, -0.15) is 0 Å². The molecule has 0 radical (unpaired) electrons. The van der Waals surface area contributed by atoms with Crippen LogP contribution in [0.1, 0.15) is 109 Å². The lowest BCUT2D eigenvalue weighted by atomic mass is 10.1. The Morgan fingerprint density at radius 1 is 0.900 bits per heavy atom. The molecule has 40 heavy (non-hydrogen) atoms. The molecular weight excluding hydrogens is 512 g/mol. The maximum Gasteiger partial charge on any atom is 0.223 e. The van der Waals surface area contributed by atoms with Gasteiger partial charge in [0.2, 0.25) is 5.91 Å². The van der Waals surface area contributed by atoms with Crippen LogP contribution >= 0.6 is 11.8 Å². The smallest absolute Gasteiger partial charge is 0.223 e. The lowest BCUT2D eigenvalue weighted by Gasteiger charge is -2.26. The predicted molar refractivity (Wildman–Crippen MR) is 173 cm³/mol. The molecule has 1 heterocycles. The second-order valence-electron chi connectivity index (χ2n) is 11.2. The van der Waals surface area contributed by atoms with Gasteiger partial charge in [0.1, 0.15) is 5.75 Å². The number of hydrogen-bond donors (Lipinski definition) is 0. The first kappa shape index (κ1) is 32.1. The summed E-state index contributed by atoms with van der Waals surface area (Å²) in [6.45, 7) is 8.33. The molecule has 2 aromatic rings. The van der Waals surface area contributed by atoms with Crippen molar-refractivity contribution in [2.45, 2.75) is 111 Å². The highest BCUT2D eigenvalue weighted by atomic mass is 32.2. The summed E-state index contributed by atoms with van der Waals surface area (Å²) in [4.78, 5) is 18.3. The van der Waals surface area contributed by atoms with Gasteiger partial charge in [-0.1, -0.05) is 108 Å². The maximum atomic E-state index is 12.7. The van der Waals surface area contributed by atoms with Crippen molar-refractivity contribution < 1.29 is 9.53 Å². The van der Waals surface area contributed by atoms with E-state index in [-0.39, 0.29) is 5.91 Å². The molecule has 1 aliphatic heterocycles. The normalized spacial score (nSPS) is 13.0. The molecule has 0 bridgehead atoms. The minimum Gasteiger partial charge on any atom is -0.494 e. The quantitative estimate of drug-likeness (QED) is 0.150. The molecule has 0 fully saturated rings. The van der Waals surface area contributed by atoms with Gasteiger partial charge in [0.25, 0.3) is 0 Å². The largest absolute Gasteiger partial charge is 0.494 e. The van der Waals surface area contributed by atoms with E-state index in [1.807, 2.05) is 28.8 Å². The number of unbranched alkanes of at least 4 members (excludes halogenated alkanes) is 11. The molecule has 0 saturated heterocycles. The van der Waals surface area contributed by atoms with Gasteiger partial charge < -0.3 is 14.5 Å². The van der Waals surface area contributed by atoms with Crippen molar-refractivity contribution in [1.29, 1.82) is 0 Å². The predicted octanol–water partition coefficient (Wildman–Crippen LogP) is 9.73. The van der Waals surface area contributed by atoms with Crippen LogP contribution in [0, 0.1) is 0 Å². The summed E-state index contributed by atoms with van der Waals surface area (Å²) in [5.74, 6) is 1.98. The Balaban J connectivity index is 1.37. The lowest BCUT2D eigenvalue weighted by Crippen LogP contribution is -2.32. The first-order valence-electron chi connectivity index (χ1n) is 15.7. The third kappa shape index (κ3) is 12.0. The number of carbonyl (C=O) groups is 1. The minimum absolute atomic E-state index is 0.0781. The van der Waals surface area contributed by atoms with Crippen molar-refractivity contribution in [3.63, 3.8) is 0 Å². The van der Waals surface area contributed by atoms with Crippen LogP contribution in [0.15, 0.2) is 59.6 Å². The van der Waals surface area contributed by atoms with Crippen molar-refractivity contribution >= 4 is 23.4 Å². The fourth-order valence-corrected chi connectivity index (χ4v) is 6.11. The van der Waals surface area contributed by atoms with Crippen LogP contribution in [0.5, 0.6) is 5.75 Å². The number of carbonyl (C=O) groups excluding carboxylic acids is 1. The van der Waals surface area contributed by atoms with E-state index >= 15 is 0 Å². The number of allylic oxidation sites excluding steroid dienone is 1. The zero-order valence-electron chi connectivity index (χ0n) is 25.3. The average molecular weight is 565 g/mol. The maximum absolute atomic E-state index is 12.7. The van der Waals surface area contributed by atoms with Gasteiger partial charge in [-0.25, -0.2) is 0 Å². The molecule has 3 rings (SSSR count). The zero-order chi connectivity index (χ0) is 28.4. The Morgan fingerprint density at radius 3 is 2.23 bits per heavy atom. The standard InChI is InChI=1S/C35H52N2O2S/c1-4-5-6-7-8-9-10-11-12-13-14-17-25-39-34-21-18-19-32(26-34)23-24-37(31(3)38)35-22-16-15-20-33(35)28-36-27-30(2)40-29-36/h15-16,18-22,26-27H,4-14,17,23-25,28-29H2,1-3H3. The van der Waals surface area contributed by atoms with Gasteiger partial charge in [0.05, 0.1) is 12.5 Å². The highest BCUT2D eigenvalue weighted by Gasteiger charge is 2.18. The second-order valence-corrected chi connectivity index (χ2v) is 12.4. The van der Waals surface area contributed by atoms with E-state index in [4.69, 9.17) is 4.74 Å². The van der Waals surface area contributed by atoms with Crippen LogP contribution < -0.4 is 9.64 Å². The van der Waals surface area contributed by atoms with Crippen molar-refractivity contribution in [3.8, 4) is 5.75 Å². The number of hydrogen-bond acceptors (Lipinski definition) is 4. The number of nitrogens with zero attached hydrogens (tertiary/aromatic N) is 2. The van der Waals surface area contributed by atoms with Crippen molar-refractivity contribution in [1.82, 2.24) is 4.90 Å². The van der Waals surface area contributed by atoms with E-state index in [9.17, 15) is 4.79 Å². The van der Waals surface area contributed by atoms with Crippen LogP contribution in [-0.2, 0) is 17.8 Å². The van der Waals surface area contributed by atoms with E-state index in [0.717, 1.165) is 43.3 Å². The summed E-state index contributed by atoms with van der Waals surface area (Å²) >= 11 is 1.86. The average Bonchev–Trinajstić information content (AvgIpc) is 3.36. The number of thioether (sulfide) groups is 1. The van der Waals surface area contributed by atoms with Crippen molar-refractivity contribution in [2.24, 2.45) is 0 Å². The van der Waals surface area contributed by atoms with Gasteiger partial charge >= 0.3 is 0 Å². The van der Waals surface area contributed by atoms with E-state index < -0.39 is 0 Å². The van der Waals surface area contributed by atoms with Crippen LogP contribution in [0.25, 0.3) is 0 Å². The van der Waals surface area contributed by atoms with Gasteiger partial charge in [-0.15, -0.1) is 11.8 Å². The molecule has 0 aliphatic carbocycles. The van der Waals surface area contributed by atoms with Crippen LogP contribution in [0.3, 0.4) is 0 Å². The summed E-state index contributed by atoms with van der Waals surface area (Å²) in [6.07, 6.45) is 19.2. The molecule has 0 aromatic heterocycles. The first-order valence-corrected chi connectivity index (χ1v) is 16.7. The molecule has 0 N–H and O–H groups in total. The third-order valence-electron chi connectivity index (χ3n) is 7.65. The Labute approximate surface area is 248 Å². The zero-order valence-corrected chi connectivity index (χ0v) is 26.2. The topological polar surface area (TPSA) is 32.8 Å². The molecule has 220 valence electrons. The molecule has 4 nitrogen and oxygen atoms in total. The van der Waals surface area contributed by atoms with Gasteiger partial charge in [-0.05, 0) is 54.0 Å². The van der Waals surface area contributed by atoms with E-state index in [1.54, 1.807) is 6.92 Å². The van der Waals surface area contributed by atoms with E-state index in [0.29, 0.717) is 6.54 Å². The monoisotopic (exact) mass is 564 g/mol. The molecule has 1 aliphatic rings. The van der Waals surface area contributed by atoms with Gasteiger partial charge in [0.15, 0.2) is 0 Å². The third-order valence-corrected chi connectivity index (χ3v) is 8.67. The molecule has 1 amide bonds. The highest BCUT2D eigenvalue weighted by Crippen LogP contribution is 2.29. The Bertz CT molecular complexity index is 1040. The molecule has 2 aromatic carbocycles. The number of para-hydroxylation sites is 1. The second kappa shape index (κ2) is 18.9. The Morgan fingerprint density at radius 2 is 1.57 bits per heavy atom. The van der Waals surface area contributed by atoms with E-state index in [2.05, 4.69) is 61.3 Å². The SMILES string of the molecule is CCCCCCCCCCCCCCOc1cccc(CCN(C(C)=O)c2ccccc2CN2C=C(C)SC2)c1. The van der Waals surface area contributed by atoms with Crippen LogP contribution in [0.2, 0.25) is 0 Å². The first-order chi connectivity index (χ1) is 19.6.